The number of hydrogen-bond acceptors (Lipinski definition) is 0. The van der Waals surface area contributed by atoms with Crippen LogP contribution in [0.15, 0.2) is 11.1 Å². The Morgan fingerprint density at radius 2 is 1.94 bits per heavy atom. The third-order valence-corrected chi connectivity index (χ3v) is 7.40. The van der Waals surface area contributed by atoms with Crippen LogP contribution in [-0.4, -0.2) is 9.71 Å². The van der Waals surface area contributed by atoms with E-state index in [0.29, 0.717) is 35.5 Å². The summed E-state index contributed by atoms with van der Waals surface area (Å²) in [4.78, 5) is 0. The molecule has 0 spiro atoms. The van der Waals surface area contributed by atoms with Crippen molar-refractivity contribution in [2.45, 2.75) is 22.6 Å². The molecule has 0 N–H and O–H groups in total. The van der Waals surface area contributed by atoms with Gasteiger partial charge in [0.15, 0.2) is 0 Å². The van der Waals surface area contributed by atoms with E-state index in [1.807, 2.05) is 0 Å². The molecule has 4 aliphatic rings. The van der Waals surface area contributed by atoms with Gasteiger partial charge in [0.25, 0.3) is 0 Å². The summed E-state index contributed by atoms with van der Waals surface area (Å²) in [6.45, 7) is 0. The summed E-state index contributed by atoms with van der Waals surface area (Å²) < 4.78 is -0.444. The van der Waals surface area contributed by atoms with Crippen molar-refractivity contribution < 1.29 is 0 Å². The molecular formula is C12H12Cl4. The van der Waals surface area contributed by atoms with Crippen LogP contribution in [0, 0.1) is 35.5 Å². The van der Waals surface area contributed by atoms with E-state index in [1.165, 1.54) is 6.42 Å². The molecule has 0 saturated heterocycles. The topological polar surface area (TPSA) is 0 Å². The van der Waals surface area contributed by atoms with Gasteiger partial charge < -0.3 is 0 Å². The highest BCUT2D eigenvalue weighted by Crippen LogP contribution is 2.76. The Morgan fingerprint density at radius 3 is 2.69 bits per heavy atom. The quantitative estimate of drug-likeness (QED) is 0.581. The highest BCUT2D eigenvalue weighted by molar-refractivity contribution is 6.51. The Bertz CT molecular complexity index is 388. The van der Waals surface area contributed by atoms with Crippen LogP contribution in [0.4, 0.5) is 0 Å². The molecule has 0 nitrogen and oxygen atoms in total. The van der Waals surface area contributed by atoms with Crippen molar-refractivity contribution in [2.24, 2.45) is 35.5 Å². The molecule has 0 unspecified atom stereocenters. The molecule has 0 aromatic rings. The first-order valence-corrected chi connectivity index (χ1v) is 7.48. The van der Waals surface area contributed by atoms with Gasteiger partial charge in [-0.15, -0.1) is 34.8 Å². The zero-order valence-corrected chi connectivity index (χ0v) is 11.6. The number of halogens is 4. The smallest absolute Gasteiger partial charge is 0.117 e. The fourth-order valence-electron chi connectivity index (χ4n) is 4.67. The Kier molecular flexibility index (Phi) is 2.07. The lowest BCUT2D eigenvalue weighted by Crippen LogP contribution is -2.23. The van der Waals surface area contributed by atoms with Gasteiger partial charge in [-0.1, -0.05) is 17.7 Å². The molecule has 88 valence electrons. The first-order valence-electron chi connectivity index (χ1n) is 5.91. The van der Waals surface area contributed by atoms with Gasteiger partial charge in [-0.05, 0) is 42.4 Å². The monoisotopic (exact) mass is 296 g/mol. The maximum Gasteiger partial charge on any atom is 0.125 e. The van der Waals surface area contributed by atoms with Crippen LogP contribution in [0.2, 0.25) is 0 Å². The second-order valence-corrected chi connectivity index (χ2v) is 8.15. The average Bonchev–Trinajstić information content (AvgIpc) is 2.63. The van der Waals surface area contributed by atoms with E-state index >= 15 is 0 Å². The molecular weight excluding hydrogens is 286 g/mol. The normalized spacial score (nSPS) is 60.2. The number of allylic oxidation sites excluding steroid dienone is 2. The Labute approximate surface area is 115 Å². The number of hydrogen-bond donors (Lipinski definition) is 0. The second kappa shape index (κ2) is 3.07. The molecule has 4 aliphatic carbocycles. The summed E-state index contributed by atoms with van der Waals surface area (Å²) >= 11 is 25.2. The molecule has 0 radical (unpaired) electrons. The molecule has 4 heteroatoms. The molecule has 2 bridgehead atoms. The maximum absolute atomic E-state index is 6.39. The third kappa shape index (κ3) is 1.11. The van der Waals surface area contributed by atoms with E-state index in [2.05, 4.69) is 6.08 Å². The molecule has 0 aliphatic heterocycles. The van der Waals surface area contributed by atoms with Crippen molar-refractivity contribution in [2.75, 3.05) is 0 Å². The predicted octanol–water partition coefficient (Wildman–Crippen LogP) is 4.42. The zero-order valence-electron chi connectivity index (χ0n) is 8.54. The lowest BCUT2D eigenvalue weighted by molar-refractivity contribution is 0.309. The second-order valence-electron chi connectivity index (χ2n) is 5.80. The fourth-order valence-corrected chi connectivity index (χ4v) is 6.27. The van der Waals surface area contributed by atoms with Crippen molar-refractivity contribution in [1.29, 1.82) is 0 Å². The predicted molar refractivity (Wildman–Crippen MR) is 68.2 cm³/mol. The molecule has 0 aromatic carbocycles. The van der Waals surface area contributed by atoms with E-state index in [4.69, 9.17) is 46.4 Å². The summed E-state index contributed by atoms with van der Waals surface area (Å²) in [6.07, 6.45) is 4.52. The minimum Gasteiger partial charge on any atom is -0.117 e. The molecule has 0 amide bonds. The SMILES string of the molecule is ClC1=C[C@H]2C[C@H]([C@@H]3C[C@@H]4[C@H]([C@@H]32)C4(Cl)Cl)[C@H]1Cl. The minimum atomic E-state index is -0.444. The molecule has 4 rings (SSSR count). The van der Waals surface area contributed by atoms with Gasteiger partial charge in [0.1, 0.15) is 4.33 Å². The molecule has 0 heterocycles. The Morgan fingerprint density at radius 1 is 1.19 bits per heavy atom. The number of rotatable bonds is 0. The van der Waals surface area contributed by atoms with Gasteiger partial charge in [0.05, 0.1) is 5.38 Å². The largest absolute Gasteiger partial charge is 0.125 e. The van der Waals surface area contributed by atoms with Crippen LogP contribution in [0.5, 0.6) is 0 Å². The van der Waals surface area contributed by atoms with Crippen LogP contribution in [0.1, 0.15) is 12.8 Å². The Hall–Kier alpha value is 0.900. The van der Waals surface area contributed by atoms with Crippen molar-refractivity contribution in [1.82, 2.24) is 0 Å². The first kappa shape index (κ1) is 10.8. The molecule has 3 fully saturated rings. The number of alkyl halides is 3. The zero-order chi connectivity index (χ0) is 11.2. The summed E-state index contributed by atoms with van der Waals surface area (Å²) in [5, 5.41) is 0.884. The van der Waals surface area contributed by atoms with E-state index in [0.717, 1.165) is 11.5 Å². The van der Waals surface area contributed by atoms with Crippen molar-refractivity contribution in [3.8, 4) is 0 Å². The van der Waals surface area contributed by atoms with Crippen LogP contribution >= 0.6 is 46.4 Å². The van der Waals surface area contributed by atoms with Crippen LogP contribution in [0.3, 0.4) is 0 Å². The van der Waals surface area contributed by atoms with E-state index in [1.54, 1.807) is 0 Å². The summed E-state index contributed by atoms with van der Waals surface area (Å²) in [6, 6.07) is 0. The van der Waals surface area contributed by atoms with E-state index in [9.17, 15) is 0 Å². The van der Waals surface area contributed by atoms with Gasteiger partial charge in [-0.25, -0.2) is 0 Å². The lowest BCUT2D eigenvalue weighted by atomic mass is 9.86. The highest BCUT2D eigenvalue weighted by Gasteiger charge is 2.75. The van der Waals surface area contributed by atoms with Crippen LogP contribution < -0.4 is 0 Å². The molecule has 0 aromatic heterocycles. The summed E-state index contributed by atoms with van der Waals surface area (Å²) in [5.74, 6) is 3.50. The minimum absolute atomic E-state index is 0.0328. The molecule has 7 atom stereocenters. The maximum atomic E-state index is 6.39. The van der Waals surface area contributed by atoms with Gasteiger partial charge in [-0.2, -0.15) is 0 Å². The fraction of sp³-hybridized carbons (Fsp3) is 0.833. The summed E-state index contributed by atoms with van der Waals surface area (Å²) in [7, 11) is 0. The summed E-state index contributed by atoms with van der Waals surface area (Å²) in [5.41, 5.74) is 0. The van der Waals surface area contributed by atoms with Crippen molar-refractivity contribution in [3.63, 3.8) is 0 Å². The lowest BCUT2D eigenvalue weighted by Gasteiger charge is -2.25. The van der Waals surface area contributed by atoms with Gasteiger partial charge in [0.2, 0.25) is 0 Å². The van der Waals surface area contributed by atoms with Crippen molar-refractivity contribution in [3.05, 3.63) is 11.1 Å². The first-order chi connectivity index (χ1) is 7.51. The van der Waals surface area contributed by atoms with E-state index in [-0.39, 0.29) is 5.38 Å². The van der Waals surface area contributed by atoms with Gasteiger partial charge in [-0.3, -0.25) is 0 Å². The number of fused-ring (bicyclic) bond motifs is 7. The average molecular weight is 298 g/mol. The van der Waals surface area contributed by atoms with Crippen molar-refractivity contribution >= 4 is 46.4 Å². The standard InChI is InChI=1S/C12H12Cl4/c13-8-2-4-1-6(11(8)14)5-3-7-10(9(4)5)12(7,15)16/h2,4-7,9-11H,1,3H2/t4-,5+,6-,7-,9-,10-,11-/m1/s1. The van der Waals surface area contributed by atoms with Crippen LogP contribution in [0.25, 0.3) is 0 Å². The molecule has 16 heavy (non-hydrogen) atoms. The Balaban J connectivity index is 1.72. The van der Waals surface area contributed by atoms with E-state index < -0.39 is 4.33 Å². The molecule has 3 saturated carbocycles. The van der Waals surface area contributed by atoms with Crippen LogP contribution in [-0.2, 0) is 0 Å². The highest BCUT2D eigenvalue weighted by atomic mass is 35.5. The van der Waals surface area contributed by atoms with Gasteiger partial charge >= 0.3 is 0 Å². The third-order valence-electron chi connectivity index (χ3n) is 5.30. The van der Waals surface area contributed by atoms with Gasteiger partial charge in [0, 0.05) is 11.0 Å².